The summed E-state index contributed by atoms with van der Waals surface area (Å²) in [5.74, 6) is -0.667. The second kappa shape index (κ2) is 12.5. The van der Waals surface area contributed by atoms with Crippen LogP contribution in [0.4, 0.5) is 21.0 Å². The van der Waals surface area contributed by atoms with Crippen LogP contribution in [0, 0.1) is 0 Å². The van der Waals surface area contributed by atoms with Crippen molar-refractivity contribution in [1.82, 2.24) is 10.6 Å². The maximum Gasteiger partial charge on any atom is 0.414 e. The van der Waals surface area contributed by atoms with E-state index in [0.29, 0.717) is 9.79 Å². The Labute approximate surface area is 200 Å². The van der Waals surface area contributed by atoms with Gasteiger partial charge in [0.05, 0.1) is 34.4 Å². The molecule has 182 valence electrons. The van der Waals surface area contributed by atoms with Gasteiger partial charge in [-0.05, 0) is 58.0 Å². The van der Waals surface area contributed by atoms with Crippen molar-refractivity contribution < 1.29 is 28.1 Å². The SMILES string of the molecule is CC(=O)Nc1cc(S(=O)c2ccccc2)ccc1N=C(NC(=O)OC(C)C)NC(=O)OC(C)C. The molecule has 0 saturated carbocycles. The largest absolute Gasteiger partial charge is 0.447 e. The molecule has 0 aliphatic carbocycles. The Morgan fingerprint density at radius 2 is 1.41 bits per heavy atom. The zero-order valence-corrected chi connectivity index (χ0v) is 20.4. The number of carbonyl (C=O) groups is 3. The van der Waals surface area contributed by atoms with E-state index in [1.165, 1.54) is 19.1 Å². The van der Waals surface area contributed by atoms with E-state index in [4.69, 9.17) is 9.47 Å². The number of benzene rings is 2. The zero-order valence-electron chi connectivity index (χ0n) is 19.6. The second-order valence-corrected chi connectivity index (χ2v) is 9.04. The van der Waals surface area contributed by atoms with Gasteiger partial charge in [0, 0.05) is 16.7 Å². The van der Waals surface area contributed by atoms with Crippen LogP contribution in [0.2, 0.25) is 0 Å². The maximum absolute atomic E-state index is 12.9. The third-order valence-electron chi connectivity index (χ3n) is 3.81. The van der Waals surface area contributed by atoms with Crippen LogP contribution in [-0.4, -0.2) is 40.5 Å². The molecule has 0 saturated heterocycles. The number of nitrogens with one attached hydrogen (secondary N) is 3. The Morgan fingerprint density at radius 3 is 1.91 bits per heavy atom. The third-order valence-corrected chi connectivity index (χ3v) is 5.19. The van der Waals surface area contributed by atoms with Crippen LogP contribution in [0.25, 0.3) is 0 Å². The minimum Gasteiger partial charge on any atom is -0.447 e. The summed E-state index contributed by atoms with van der Waals surface area (Å²) in [5, 5.41) is 7.33. The molecule has 0 aliphatic rings. The molecule has 2 rings (SSSR count). The van der Waals surface area contributed by atoms with Gasteiger partial charge in [-0.2, -0.15) is 0 Å². The minimum atomic E-state index is -1.50. The molecule has 0 radical (unpaired) electrons. The van der Waals surface area contributed by atoms with Crippen LogP contribution >= 0.6 is 0 Å². The summed E-state index contributed by atoms with van der Waals surface area (Å²) in [5.41, 5.74) is 0.415. The first-order valence-corrected chi connectivity index (χ1v) is 11.6. The fraction of sp³-hybridized carbons (Fsp3) is 0.304. The van der Waals surface area contributed by atoms with Gasteiger partial charge in [0.2, 0.25) is 11.9 Å². The fourth-order valence-corrected chi connectivity index (χ4v) is 3.68. The molecule has 34 heavy (non-hydrogen) atoms. The molecule has 1 atom stereocenters. The number of nitrogens with zero attached hydrogens (tertiary/aromatic N) is 1. The summed E-state index contributed by atoms with van der Waals surface area (Å²) in [6, 6.07) is 13.4. The molecule has 0 fully saturated rings. The van der Waals surface area contributed by atoms with Crippen molar-refractivity contribution in [3.05, 3.63) is 48.5 Å². The third kappa shape index (κ3) is 8.66. The highest BCUT2D eigenvalue weighted by molar-refractivity contribution is 7.85. The van der Waals surface area contributed by atoms with Crippen LogP contribution in [0.1, 0.15) is 34.6 Å². The highest BCUT2D eigenvalue weighted by Crippen LogP contribution is 2.29. The van der Waals surface area contributed by atoms with E-state index in [-0.39, 0.29) is 23.2 Å². The van der Waals surface area contributed by atoms with Gasteiger partial charge in [0.15, 0.2) is 0 Å². The molecule has 3 N–H and O–H groups in total. The lowest BCUT2D eigenvalue weighted by Gasteiger charge is -2.15. The molecule has 0 aliphatic heterocycles. The van der Waals surface area contributed by atoms with Gasteiger partial charge < -0.3 is 14.8 Å². The van der Waals surface area contributed by atoms with Gasteiger partial charge in [-0.1, -0.05) is 18.2 Å². The summed E-state index contributed by atoms with van der Waals surface area (Å²) < 4.78 is 23.0. The van der Waals surface area contributed by atoms with Gasteiger partial charge in [0.1, 0.15) is 0 Å². The number of hydrogen-bond acceptors (Lipinski definition) is 7. The Morgan fingerprint density at radius 1 is 0.853 bits per heavy atom. The molecule has 10 nitrogen and oxygen atoms in total. The number of alkyl carbamates (subject to hydrolysis) is 2. The molecule has 0 aromatic heterocycles. The molecular formula is C23H28N4O6S. The highest BCUT2D eigenvalue weighted by atomic mass is 32.2. The average Bonchev–Trinajstić information content (AvgIpc) is 2.73. The van der Waals surface area contributed by atoms with Crippen LogP contribution in [0.15, 0.2) is 63.3 Å². The molecule has 0 spiro atoms. The zero-order chi connectivity index (χ0) is 25.3. The van der Waals surface area contributed by atoms with E-state index in [9.17, 15) is 18.6 Å². The van der Waals surface area contributed by atoms with Crippen molar-refractivity contribution in [1.29, 1.82) is 0 Å². The summed E-state index contributed by atoms with van der Waals surface area (Å²) in [6.45, 7) is 7.97. The van der Waals surface area contributed by atoms with Gasteiger partial charge >= 0.3 is 12.2 Å². The van der Waals surface area contributed by atoms with Crippen molar-refractivity contribution in [2.24, 2.45) is 4.99 Å². The predicted octanol–water partition coefficient (Wildman–Crippen LogP) is 4.07. The van der Waals surface area contributed by atoms with Gasteiger partial charge in [-0.15, -0.1) is 0 Å². The molecule has 2 aromatic carbocycles. The molecule has 0 bridgehead atoms. The van der Waals surface area contributed by atoms with E-state index in [0.717, 1.165) is 0 Å². The Bertz CT molecular complexity index is 1060. The monoisotopic (exact) mass is 488 g/mol. The first-order chi connectivity index (χ1) is 16.0. The van der Waals surface area contributed by atoms with Crippen LogP contribution in [0.5, 0.6) is 0 Å². The fourth-order valence-electron chi connectivity index (χ4n) is 2.59. The van der Waals surface area contributed by atoms with Crippen molar-refractivity contribution >= 4 is 46.2 Å². The van der Waals surface area contributed by atoms with E-state index in [1.54, 1.807) is 58.0 Å². The molecule has 11 heteroatoms. The van der Waals surface area contributed by atoms with E-state index < -0.39 is 35.2 Å². The summed E-state index contributed by atoms with van der Waals surface area (Å²) in [4.78, 5) is 41.3. The quantitative estimate of drug-likeness (QED) is 0.414. The van der Waals surface area contributed by atoms with E-state index in [2.05, 4.69) is 20.9 Å². The Kier molecular flexibility index (Phi) is 9.75. The summed E-state index contributed by atoms with van der Waals surface area (Å²) in [6.07, 6.45) is -2.51. The summed E-state index contributed by atoms with van der Waals surface area (Å²) >= 11 is 0. The van der Waals surface area contributed by atoms with Crippen LogP contribution < -0.4 is 16.0 Å². The maximum atomic E-state index is 12.9. The molecule has 1 unspecified atom stereocenters. The Hall–Kier alpha value is -3.73. The lowest BCUT2D eigenvalue weighted by molar-refractivity contribution is -0.114. The van der Waals surface area contributed by atoms with Crippen molar-refractivity contribution in [2.45, 2.75) is 56.6 Å². The Balaban J connectivity index is 2.45. The first kappa shape index (κ1) is 26.5. The van der Waals surface area contributed by atoms with Gasteiger partial charge in [-0.25, -0.2) is 18.8 Å². The van der Waals surface area contributed by atoms with Crippen molar-refractivity contribution in [3.63, 3.8) is 0 Å². The van der Waals surface area contributed by atoms with Crippen LogP contribution in [-0.2, 0) is 25.1 Å². The lowest BCUT2D eigenvalue weighted by Crippen LogP contribution is -2.45. The van der Waals surface area contributed by atoms with E-state index in [1.807, 2.05) is 6.07 Å². The molecule has 3 amide bonds. The average molecular weight is 489 g/mol. The number of ether oxygens (including phenoxy) is 2. The standard InChI is InChI=1S/C23H28N4O6S/c1-14(2)32-22(29)26-21(27-23(30)33-15(3)4)25-19-12-11-18(13-20(19)24-16(5)28)34(31)17-9-7-6-8-10-17/h6-15H,1-5H3,(H,24,28)(H2,25,26,27,29,30). The summed E-state index contributed by atoms with van der Waals surface area (Å²) in [7, 11) is -1.50. The highest BCUT2D eigenvalue weighted by Gasteiger charge is 2.16. The molecular weight excluding hydrogens is 460 g/mol. The second-order valence-electron chi connectivity index (χ2n) is 7.56. The number of rotatable bonds is 6. The number of amides is 3. The lowest BCUT2D eigenvalue weighted by atomic mass is 10.2. The topological polar surface area (TPSA) is 135 Å². The molecule has 2 aromatic rings. The number of aliphatic imine (C=N–C) groups is 1. The van der Waals surface area contributed by atoms with Crippen molar-refractivity contribution in [3.8, 4) is 0 Å². The smallest absolute Gasteiger partial charge is 0.414 e. The number of anilines is 1. The molecule has 0 heterocycles. The van der Waals surface area contributed by atoms with Crippen molar-refractivity contribution in [2.75, 3.05) is 5.32 Å². The first-order valence-electron chi connectivity index (χ1n) is 10.5. The van der Waals surface area contributed by atoms with Gasteiger partial charge in [0.25, 0.3) is 0 Å². The van der Waals surface area contributed by atoms with Crippen LogP contribution in [0.3, 0.4) is 0 Å². The van der Waals surface area contributed by atoms with E-state index >= 15 is 0 Å². The number of carbonyl (C=O) groups excluding carboxylic acids is 3. The van der Waals surface area contributed by atoms with Gasteiger partial charge in [-0.3, -0.25) is 15.4 Å². The number of guanidine groups is 1. The normalized spacial score (nSPS) is 11.4. The minimum absolute atomic E-state index is 0.189. The number of hydrogen-bond donors (Lipinski definition) is 3. The predicted molar refractivity (Wildman–Crippen MR) is 128 cm³/mol.